The predicted octanol–water partition coefficient (Wildman–Crippen LogP) is 2.87. The average Bonchev–Trinajstić information content (AvgIpc) is 3.00. The Bertz CT molecular complexity index is 682. The fraction of sp³-hybridized carbons (Fsp3) is 0.842. The first-order valence-corrected chi connectivity index (χ1v) is 11.7. The maximum absolute atomic E-state index is 12.9. The Hall–Kier alpha value is -0.920. The molecule has 7 heteroatoms. The van der Waals surface area contributed by atoms with Crippen LogP contribution in [0.4, 0.5) is 0 Å². The normalized spacial score (nSPS) is 22.5. The highest BCUT2D eigenvalue weighted by atomic mass is 32.2. The van der Waals surface area contributed by atoms with Crippen molar-refractivity contribution >= 4 is 9.84 Å². The number of nitrogens with zero attached hydrogens (tertiary/aromatic N) is 3. The van der Waals surface area contributed by atoms with Gasteiger partial charge >= 0.3 is 0 Å². The van der Waals surface area contributed by atoms with Crippen LogP contribution in [0.15, 0.2) is 11.4 Å². The van der Waals surface area contributed by atoms with Gasteiger partial charge in [0.15, 0.2) is 0 Å². The first-order chi connectivity index (χ1) is 12.5. The number of hydrogen-bond acceptors (Lipinski definition) is 5. The topological polar surface area (TPSA) is 64.4 Å². The molecule has 1 aliphatic heterocycles. The van der Waals surface area contributed by atoms with E-state index in [0.29, 0.717) is 5.92 Å². The molecular weight excluding hydrogens is 350 g/mol. The molecule has 1 atom stereocenters. The Morgan fingerprint density at radius 1 is 1.27 bits per heavy atom. The van der Waals surface area contributed by atoms with E-state index in [0.717, 1.165) is 76.8 Å². The highest BCUT2D eigenvalue weighted by Gasteiger charge is 2.30. The minimum atomic E-state index is -3.31. The lowest BCUT2D eigenvalue weighted by Gasteiger charge is -2.32. The summed E-state index contributed by atoms with van der Waals surface area (Å²) in [6.45, 7) is 5.54. The number of sulfone groups is 1. The van der Waals surface area contributed by atoms with Crippen molar-refractivity contribution in [3.8, 4) is 0 Å². The lowest BCUT2D eigenvalue weighted by atomic mass is 9.87. The molecule has 1 unspecified atom stereocenters. The van der Waals surface area contributed by atoms with Gasteiger partial charge in [0.1, 0.15) is 0 Å². The maximum atomic E-state index is 12.9. The van der Waals surface area contributed by atoms with Crippen molar-refractivity contribution in [3.05, 3.63) is 11.9 Å². The SMILES string of the molecule is CCCCn1c(CN2CCCC(OC)C2)cnc1S(=O)(=O)CC1CCC1. The van der Waals surface area contributed by atoms with Crippen LogP contribution in [0.25, 0.3) is 0 Å². The summed E-state index contributed by atoms with van der Waals surface area (Å²) in [5, 5.41) is 0.285. The van der Waals surface area contributed by atoms with Gasteiger partial charge in [-0.15, -0.1) is 0 Å². The van der Waals surface area contributed by atoms with E-state index in [1.165, 1.54) is 0 Å². The van der Waals surface area contributed by atoms with Gasteiger partial charge < -0.3 is 9.30 Å². The van der Waals surface area contributed by atoms with Crippen LogP contribution in [-0.4, -0.2) is 54.9 Å². The summed E-state index contributed by atoms with van der Waals surface area (Å²) in [5.74, 6) is 0.578. The fourth-order valence-electron chi connectivity index (χ4n) is 3.94. The molecule has 148 valence electrons. The van der Waals surface area contributed by atoms with Crippen LogP contribution in [0.1, 0.15) is 57.6 Å². The van der Waals surface area contributed by atoms with Gasteiger partial charge in [-0.05, 0) is 44.6 Å². The van der Waals surface area contributed by atoms with Crippen molar-refractivity contribution in [1.82, 2.24) is 14.5 Å². The van der Waals surface area contributed by atoms with E-state index in [4.69, 9.17) is 4.74 Å². The molecule has 1 aromatic rings. The molecule has 3 rings (SSSR count). The minimum absolute atomic E-state index is 0.255. The molecule has 1 saturated heterocycles. The Morgan fingerprint density at radius 2 is 2.08 bits per heavy atom. The van der Waals surface area contributed by atoms with Gasteiger partial charge in [-0.25, -0.2) is 13.4 Å². The van der Waals surface area contributed by atoms with Gasteiger partial charge in [-0.1, -0.05) is 19.8 Å². The average molecular weight is 384 g/mol. The number of rotatable bonds is 9. The van der Waals surface area contributed by atoms with Gasteiger partial charge in [-0.3, -0.25) is 4.90 Å². The van der Waals surface area contributed by atoms with E-state index in [-0.39, 0.29) is 17.0 Å². The minimum Gasteiger partial charge on any atom is -0.380 e. The number of piperidine rings is 1. The highest BCUT2D eigenvalue weighted by Crippen LogP contribution is 2.30. The van der Waals surface area contributed by atoms with Crippen LogP contribution >= 0.6 is 0 Å². The van der Waals surface area contributed by atoms with Gasteiger partial charge in [0.05, 0.1) is 23.7 Å². The predicted molar refractivity (Wildman–Crippen MR) is 102 cm³/mol. The summed E-state index contributed by atoms with van der Waals surface area (Å²) in [5.41, 5.74) is 1.02. The zero-order valence-electron chi connectivity index (χ0n) is 16.2. The Kier molecular flexibility index (Phi) is 6.75. The van der Waals surface area contributed by atoms with E-state index < -0.39 is 9.84 Å². The van der Waals surface area contributed by atoms with Crippen LogP contribution in [-0.2, 0) is 27.7 Å². The summed E-state index contributed by atoms with van der Waals surface area (Å²) in [7, 11) is -1.54. The molecule has 1 saturated carbocycles. The molecule has 0 amide bonds. The lowest BCUT2D eigenvalue weighted by Crippen LogP contribution is -2.39. The molecule has 1 aromatic heterocycles. The molecule has 2 heterocycles. The van der Waals surface area contributed by atoms with E-state index in [2.05, 4.69) is 16.8 Å². The second kappa shape index (κ2) is 8.85. The van der Waals surface area contributed by atoms with Crippen LogP contribution in [0.5, 0.6) is 0 Å². The highest BCUT2D eigenvalue weighted by molar-refractivity contribution is 7.91. The lowest BCUT2D eigenvalue weighted by molar-refractivity contribution is 0.0277. The zero-order valence-corrected chi connectivity index (χ0v) is 17.0. The molecule has 1 aliphatic carbocycles. The molecule has 0 spiro atoms. The molecule has 0 N–H and O–H groups in total. The Morgan fingerprint density at radius 3 is 2.73 bits per heavy atom. The first-order valence-electron chi connectivity index (χ1n) is 10.1. The molecule has 0 radical (unpaired) electrons. The molecular formula is C19H33N3O3S. The van der Waals surface area contributed by atoms with E-state index in [1.54, 1.807) is 13.3 Å². The van der Waals surface area contributed by atoms with Crippen molar-refractivity contribution in [2.45, 2.75) is 76.2 Å². The second-order valence-electron chi connectivity index (χ2n) is 7.85. The number of imidazole rings is 1. The number of likely N-dealkylation sites (tertiary alicyclic amines) is 1. The van der Waals surface area contributed by atoms with Crippen molar-refractivity contribution in [3.63, 3.8) is 0 Å². The summed E-state index contributed by atoms with van der Waals surface area (Å²) in [6.07, 6.45) is 9.51. The van der Waals surface area contributed by atoms with E-state index in [9.17, 15) is 8.42 Å². The van der Waals surface area contributed by atoms with Gasteiger partial charge in [0.2, 0.25) is 15.0 Å². The van der Waals surface area contributed by atoms with E-state index in [1.807, 2.05) is 4.57 Å². The largest absolute Gasteiger partial charge is 0.380 e. The van der Waals surface area contributed by atoms with Crippen LogP contribution < -0.4 is 0 Å². The quantitative estimate of drug-likeness (QED) is 0.656. The summed E-state index contributed by atoms with van der Waals surface area (Å²) in [4.78, 5) is 6.73. The third-order valence-electron chi connectivity index (χ3n) is 5.78. The van der Waals surface area contributed by atoms with Crippen LogP contribution in [0.2, 0.25) is 0 Å². The standard InChI is InChI=1S/C19H33N3O3S/c1-3-4-11-22-17(13-21-10-6-9-18(14-21)25-2)12-20-19(22)26(23,24)15-16-7-5-8-16/h12,16,18H,3-11,13-15H2,1-2H3. The number of hydrogen-bond donors (Lipinski definition) is 0. The third kappa shape index (κ3) is 4.67. The smallest absolute Gasteiger partial charge is 0.227 e. The zero-order chi connectivity index (χ0) is 18.6. The molecule has 26 heavy (non-hydrogen) atoms. The summed E-state index contributed by atoms with van der Waals surface area (Å²) < 4.78 is 33.3. The summed E-state index contributed by atoms with van der Waals surface area (Å²) in [6, 6.07) is 0. The number of ether oxygens (including phenoxy) is 1. The summed E-state index contributed by atoms with van der Waals surface area (Å²) >= 11 is 0. The second-order valence-corrected chi connectivity index (χ2v) is 9.78. The third-order valence-corrected chi connectivity index (χ3v) is 7.57. The van der Waals surface area contributed by atoms with Crippen LogP contribution in [0.3, 0.4) is 0 Å². The number of methoxy groups -OCH3 is 1. The van der Waals surface area contributed by atoms with Gasteiger partial charge in [0, 0.05) is 26.7 Å². The van der Waals surface area contributed by atoms with E-state index >= 15 is 0 Å². The molecule has 6 nitrogen and oxygen atoms in total. The number of unbranched alkanes of at least 4 members (excludes halogenated alkanes) is 1. The van der Waals surface area contributed by atoms with Gasteiger partial charge in [0.25, 0.3) is 0 Å². The molecule has 2 aliphatic rings. The maximum Gasteiger partial charge on any atom is 0.227 e. The Balaban J connectivity index is 1.77. The van der Waals surface area contributed by atoms with Crippen LogP contribution in [0, 0.1) is 5.92 Å². The van der Waals surface area contributed by atoms with Gasteiger partial charge in [-0.2, -0.15) is 0 Å². The first kappa shape index (κ1) is 19.8. The van der Waals surface area contributed by atoms with Crippen molar-refractivity contribution in [2.75, 3.05) is 26.0 Å². The monoisotopic (exact) mass is 383 g/mol. The fourth-order valence-corrected chi connectivity index (χ4v) is 5.80. The van der Waals surface area contributed by atoms with Crippen molar-refractivity contribution in [1.29, 1.82) is 0 Å². The van der Waals surface area contributed by atoms with Crippen molar-refractivity contribution in [2.24, 2.45) is 5.92 Å². The molecule has 2 fully saturated rings. The van der Waals surface area contributed by atoms with Crippen molar-refractivity contribution < 1.29 is 13.2 Å². The number of aromatic nitrogens is 2. The molecule has 0 bridgehead atoms. The molecule has 0 aromatic carbocycles. The Labute approximate surface area is 157 Å².